The molecule has 5 heteroatoms. The van der Waals surface area contributed by atoms with Gasteiger partial charge >= 0.3 is 0 Å². The third kappa shape index (κ3) is 2.76. The first-order chi connectivity index (χ1) is 9.58. The number of carbonyl (C=O) groups is 1. The van der Waals surface area contributed by atoms with Crippen molar-refractivity contribution >= 4 is 17.3 Å². The smallest absolute Gasteiger partial charge is 0.249 e. The molecule has 1 heterocycles. The zero-order valence-electron chi connectivity index (χ0n) is 11.9. The summed E-state index contributed by atoms with van der Waals surface area (Å²) in [4.78, 5) is 13.9. The van der Waals surface area contributed by atoms with E-state index in [4.69, 9.17) is 0 Å². The van der Waals surface area contributed by atoms with Crippen LogP contribution in [0.5, 0.6) is 0 Å². The second-order valence-electron chi connectivity index (χ2n) is 5.09. The summed E-state index contributed by atoms with van der Waals surface area (Å²) in [6.45, 7) is 4.52. The number of halogens is 2. The number of nitrogens with zero attached hydrogens (tertiary/aromatic N) is 1. The molecular formula is C15H20F2N2O. The fourth-order valence-corrected chi connectivity index (χ4v) is 2.46. The molecule has 1 atom stereocenters. The van der Waals surface area contributed by atoms with Crippen LogP contribution in [-0.4, -0.2) is 18.5 Å². The Bertz CT molecular complexity index is 505. The molecule has 3 nitrogen and oxygen atoms in total. The van der Waals surface area contributed by atoms with E-state index in [1.165, 1.54) is 0 Å². The van der Waals surface area contributed by atoms with Crippen molar-refractivity contribution in [3.63, 3.8) is 0 Å². The van der Waals surface area contributed by atoms with Gasteiger partial charge in [0.2, 0.25) is 5.91 Å². The predicted octanol–water partition coefficient (Wildman–Crippen LogP) is 3.69. The number of rotatable bonds is 5. The Hall–Kier alpha value is -1.65. The molecule has 0 saturated carbocycles. The number of amides is 1. The van der Waals surface area contributed by atoms with Gasteiger partial charge in [-0.05, 0) is 12.8 Å². The zero-order valence-corrected chi connectivity index (χ0v) is 11.9. The largest absolute Gasteiger partial charge is 0.372 e. The van der Waals surface area contributed by atoms with Crippen LogP contribution in [0.2, 0.25) is 0 Å². The highest BCUT2D eigenvalue weighted by Gasteiger charge is 2.31. The highest BCUT2D eigenvalue weighted by Crippen LogP contribution is 2.34. The molecule has 1 aliphatic heterocycles. The quantitative estimate of drug-likeness (QED) is 0.835. The van der Waals surface area contributed by atoms with E-state index in [1.807, 2.05) is 6.92 Å². The summed E-state index contributed by atoms with van der Waals surface area (Å²) in [5.41, 5.74) is 0.932. The van der Waals surface area contributed by atoms with E-state index < -0.39 is 11.6 Å². The van der Waals surface area contributed by atoms with Crippen molar-refractivity contribution in [1.29, 1.82) is 0 Å². The normalized spacial score (nSPS) is 17.9. The standard InChI is InChI=1S/C15H20F2N2O/c1-3-5-6-7-19-14-9-11(17)10(16)8-13(14)18-12(4-2)15(19)20/h8-9,12,18H,3-7H2,1-2H3. The number of carbonyl (C=O) groups excluding carboxylic acids is 1. The molecule has 1 aromatic rings. The summed E-state index contributed by atoms with van der Waals surface area (Å²) < 4.78 is 26.8. The molecule has 0 fully saturated rings. The van der Waals surface area contributed by atoms with Crippen molar-refractivity contribution in [2.45, 2.75) is 45.6 Å². The highest BCUT2D eigenvalue weighted by atomic mass is 19.2. The molecule has 1 amide bonds. The molecule has 0 spiro atoms. The van der Waals surface area contributed by atoms with E-state index in [1.54, 1.807) is 4.90 Å². The van der Waals surface area contributed by atoms with E-state index in [2.05, 4.69) is 12.2 Å². The molecular weight excluding hydrogens is 262 g/mol. The number of benzene rings is 1. The van der Waals surface area contributed by atoms with Gasteiger partial charge in [0.1, 0.15) is 6.04 Å². The first kappa shape index (κ1) is 14.8. The second-order valence-corrected chi connectivity index (χ2v) is 5.09. The van der Waals surface area contributed by atoms with Gasteiger partial charge in [-0.3, -0.25) is 4.79 Å². The van der Waals surface area contributed by atoms with E-state index in [9.17, 15) is 13.6 Å². The minimum Gasteiger partial charge on any atom is -0.372 e. The van der Waals surface area contributed by atoms with Gasteiger partial charge in [0.05, 0.1) is 11.4 Å². The van der Waals surface area contributed by atoms with Gasteiger partial charge in [-0.1, -0.05) is 26.7 Å². The average Bonchev–Trinajstić information content (AvgIpc) is 2.43. The van der Waals surface area contributed by atoms with Crippen LogP contribution in [0.1, 0.15) is 39.5 Å². The molecule has 20 heavy (non-hydrogen) atoms. The summed E-state index contributed by atoms with van der Waals surface area (Å²) in [6.07, 6.45) is 3.52. The van der Waals surface area contributed by atoms with E-state index in [0.29, 0.717) is 24.3 Å². The summed E-state index contributed by atoms with van der Waals surface area (Å²) in [5, 5.41) is 2.99. The van der Waals surface area contributed by atoms with Crippen molar-refractivity contribution in [3.8, 4) is 0 Å². The molecule has 1 aliphatic rings. The lowest BCUT2D eigenvalue weighted by Crippen LogP contribution is -2.47. The van der Waals surface area contributed by atoms with Crippen molar-refractivity contribution in [2.75, 3.05) is 16.8 Å². The van der Waals surface area contributed by atoms with Crippen LogP contribution in [0, 0.1) is 11.6 Å². The van der Waals surface area contributed by atoms with Crippen LogP contribution in [0.25, 0.3) is 0 Å². The summed E-state index contributed by atoms with van der Waals surface area (Å²) in [5.74, 6) is -1.88. The number of fused-ring (bicyclic) bond motifs is 1. The summed E-state index contributed by atoms with van der Waals surface area (Å²) >= 11 is 0. The minimum atomic E-state index is -0.922. The van der Waals surface area contributed by atoms with E-state index in [-0.39, 0.29) is 11.9 Å². The molecule has 0 aromatic heterocycles. The molecule has 0 aliphatic carbocycles. The van der Waals surface area contributed by atoms with Crippen molar-refractivity contribution in [1.82, 2.24) is 0 Å². The third-order valence-electron chi connectivity index (χ3n) is 3.62. The summed E-state index contributed by atoms with van der Waals surface area (Å²) in [6, 6.07) is 1.87. The van der Waals surface area contributed by atoms with Crippen molar-refractivity contribution < 1.29 is 13.6 Å². The number of hydrogen-bond donors (Lipinski definition) is 1. The Labute approximate surface area is 118 Å². The first-order valence-corrected chi connectivity index (χ1v) is 7.15. The molecule has 1 N–H and O–H groups in total. The number of unbranched alkanes of at least 4 members (excludes halogenated alkanes) is 2. The fraction of sp³-hybridized carbons (Fsp3) is 0.533. The van der Waals surface area contributed by atoms with Gasteiger partial charge in [-0.15, -0.1) is 0 Å². The Morgan fingerprint density at radius 2 is 1.90 bits per heavy atom. The maximum atomic E-state index is 13.4. The Morgan fingerprint density at radius 1 is 1.20 bits per heavy atom. The topological polar surface area (TPSA) is 32.3 Å². The maximum Gasteiger partial charge on any atom is 0.249 e. The van der Waals surface area contributed by atoms with Crippen molar-refractivity contribution in [2.24, 2.45) is 0 Å². The number of hydrogen-bond acceptors (Lipinski definition) is 2. The Morgan fingerprint density at radius 3 is 2.55 bits per heavy atom. The van der Waals surface area contributed by atoms with Crippen LogP contribution in [0.4, 0.5) is 20.2 Å². The lowest BCUT2D eigenvalue weighted by Gasteiger charge is -2.35. The van der Waals surface area contributed by atoms with Crippen LogP contribution in [0.15, 0.2) is 12.1 Å². The van der Waals surface area contributed by atoms with Gasteiger partial charge < -0.3 is 10.2 Å². The molecule has 110 valence electrons. The van der Waals surface area contributed by atoms with Crippen LogP contribution in [-0.2, 0) is 4.79 Å². The van der Waals surface area contributed by atoms with Gasteiger partial charge in [0, 0.05) is 18.7 Å². The maximum absolute atomic E-state index is 13.4. The van der Waals surface area contributed by atoms with Gasteiger partial charge in [0.25, 0.3) is 0 Å². The van der Waals surface area contributed by atoms with Gasteiger partial charge in [0.15, 0.2) is 11.6 Å². The van der Waals surface area contributed by atoms with Gasteiger partial charge in [-0.2, -0.15) is 0 Å². The molecule has 1 unspecified atom stereocenters. The summed E-state index contributed by atoms with van der Waals surface area (Å²) in [7, 11) is 0. The average molecular weight is 282 g/mol. The Kier molecular flexibility index (Phi) is 4.57. The van der Waals surface area contributed by atoms with Crippen LogP contribution in [0.3, 0.4) is 0 Å². The molecule has 1 aromatic carbocycles. The van der Waals surface area contributed by atoms with E-state index >= 15 is 0 Å². The zero-order chi connectivity index (χ0) is 14.7. The lowest BCUT2D eigenvalue weighted by atomic mass is 10.1. The highest BCUT2D eigenvalue weighted by molar-refractivity contribution is 6.04. The monoisotopic (exact) mass is 282 g/mol. The second kappa shape index (κ2) is 6.20. The number of anilines is 2. The third-order valence-corrected chi connectivity index (χ3v) is 3.62. The fourth-order valence-electron chi connectivity index (χ4n) is 2.46. The molecule has 0 bridgehead atoms. The lowest BCUT2D eigenvalue weighted by molar-refractivity contribution is -0.119. The Balaban J connectivity index is 2.33. The van der Waals surface area contributed by atoms with Crippen molar-refractivity contribution in [3.05, 3.63) is 23.8 Å². The van der Waals surface area contributed by atoms with Crippen LogP contribution < -0.4 is 10.2 Å². The molecule has 2 rings (SSSR count). The molecule has 0 radical (unpaired) electrons. The van der Waals surface area contributed by atoms with Crippen LogP contribution >= 0.6 is 0 Å². The predicted molar refractivity (Wildman–Crippen MR) is 75.9 cm³/mol. The minimum absolute atomic E-state index is 0.0675. The SMILES string of the molecule is CCCCCN1C(=O)C(CC)Nc2cc(F)c(F)cc21. The van der Waals surface area contributed by atoms with Gasteiger partial charge in [-0.25, -0.2) is 8.78 Å². The van der Waals surface area contributed by atoms with E-state index in [0.717, 1.165) is 31.4 Å². The molecule has 0 saturated heterocycles. The number of nitrogens with one attached hydrogen (secondary N) is 1. The first-order valence-electron chi connectivity index (χ1n) is 7.15.